The van der Waals surface area contributed by atoms with Gasteiger partial charge in [-0.3, -0.25) is 4.79 Å². The Kier molecular flexibility index (Phi) is 5.90. The van der Waals surface area contributed by atoms with Crippen LogP contribution in [0, 0.1) is 13.8 Å². The molecule has 0 fully saturated rings. The molecule has 6 rings (SSSR count). The molecule has 1 amide bonds. The quantitative estimate of drug-likeness (QED) is 0.290. The van der Waals surface area contributed by atoms with E-state index in [1.165, 1.54) is 6.33 Å². The van der Waals surface area contributed by atoms with Crippen molar-refractivity contribution in [1.82, 2.24) is 34.7 Å². The molecule has 6 aromatic rings. The van der Waals surface area contributed by atoms with Gasteiger partial charge in [0.25, 0.3) is 5.91 Å². The van der Waals surface area contributed by atoms with Crippen LogP contribution in [0.1, 0.15) is 21.8 Å². The molecule has 4 aromatic heterocycles. The highest BCUT2D eigenvalue weighted by molar-refractivity contribution is 6.33. The number of nitrogens with zero attached hydrogens (tertiary/aromatic N) is 7. The summed E-state index contributed by atoms with van der Waals surface area (Å²) in [7, 11) is 0. The summed E-state index contributed by atoms with van der Waals surface area (Å²) in [5.41, 5.74) is 3.24. The van der Waals surface area contributed by atoms with Crippen molar-refractivity contribution in [2.75, 3.05) is 5.32 Å². The zero-order chi connectivity index (χ0) is 26.4. The molecule has 0 unspecified atom stereocenters. The van der Waals surface area contributed by atoms with Crippen molar-refractivity contribution in [3.63, 3.8) is 0 Å². The lowest BCUT2D eigenvalue weighted by Crippen LogP contribution is -2.17. The molecule has 2 aromatic carbocycles. The summed E-state index contributed by atoms with van der Waals surface area (Å²) >= 11 is 12.4. The number of rotatable bonds is 5. The number of hydrogen-bond donors (Lipinski definition) is 1. The predicted octanol–water partition coefficient (Wildman–Crippen LogP) is 5.83. The Labute approximate surface area is 225 Å². The van der Waals surface area contributed by atoms with E-state index in [2.05, 4.69) is 30.6 Å². The Morgan fingerprint density at radius 1 is 1.00 bits per heavy atom. The standard InChI is InChI=1S/C26H18Cl2N8O2/c1-14-11-21(32-26(37)22-15(2)38-34-23(22)18-5-3-4-6-20(18)28)36(33-14)25-19-12-31-35(24(19)29-13-30-25)17-9-7-16(27)8-10-17/h3-13H,1-2H3,(H,32,37). The largest absolute Gasteiger partial charge is 0.360 e. The highest BCUT2D eigenvalue weighted by Gasteiger charge is 2.25. The fourth-order valence-corrected chi connectivity index (χ4v) is 4.53. The minimum atomic E-state index is -0.429. The van der Waals surface area contributed by atoms with Gasteiger partial charge in [0, 0.05) is 16.7 Å². The van der Waals surface area contributed by atoms with Gasteiger partial charge in [0.05, 0.1) is 28.0 Å². The molecule has 12 heteroatoms. The Morgan fingerprint density at radius 3 is 2.58 bits per heavy atom. The van der Waals surface area contributed by atoms with Crippen molar-refractivity contribution in [1.29, 1.82) is 0 Å². The van der Waals surface area contributed by atoms with Crippen LogP contribution >= 0.6 is 23.2 Å². The molecule has 1 N–H and O–H groups in total. The zero-order valence-corrected chi connectivity index (χ0v) is 21.6. The van der Waals surface area contributed by atoms with Gasteiger partial charge in [-0.15, -0.1) is 0 Å². The van der Waals surface area contributed by atoms with Crippen LogP contribution in [0.2, 0.25) is 10.0 Å². The molecule has 0 spiro atoms. The summed E-state index contributed by atoms with van der Waals surface area (Å²) in [6.45, 7) is 3.49. The molecular formula is C26H18Cl2N8O2. The van der Waals surface area contributed by atoms with E-state index in [0.717, 1.165) is 5.69 Å². The lowest BCUT2D eigenvalue weighted by Gasteiger charge is -2.10. The monoisotopic (exact) mass is 544 g/mol. The third-order valence-corrected chi connectivity index (χ3v) is 6.49. The number of carbonyl (C=O) groups excluding carboxylic acids is 1. The molecule has 0 aliphatic carbocycles. The number of aryl methyl sites for hydroxylation is 2. The molecular weight excluding hydrogens is 527 g/mol. The molecule has 0 atom stereocenters. The van der Waals surface area contributed by atoms with E-state index in [0.29, 0.717) is 55.4 Å². The summed E-state index contributed by atoms with van der Waals surface area (Å²) in [5, 5.41) is 17.8. The lowest BCUT2D eigenvalue weighted by molar-refractivity contribution is 0.102. The smallest absolute Gasteiger partial charge is 0.262 e. The van der Waals surface area contributed by atoms with Gasteiger partial charge >= 0.3 is 0 Å². The van der Waals surface area contributed by atoms with Crippen molar-refractivity contribution in [2.24, 2.45) is 0 Å². The summed E-state index contributed by atoms with van der Waals surface area (Å²) in [4.78, 5) is 22.4. The van der Waals surface area contributed by atoms with Crippen molar-refractivity contribution < 1.29 is 9.32 Å². The highest BCUT2D eigenvalue weighted by atomic mass is 35.5. The molecule has 0 saturated heterocycles. The maximum Gasteiger partial charge on any atom is 0.262 e. The van der Waals surface area contributed by atoms with Crippen LogP contribution in [0.3, 0.4) is 0 Å². The van der Waals surface area contributed by atoms with E-state index >= 15 is 0 Å². The van der Waals surface area contributed by atoms with Crippen LogP contribution in [-0.2, 0) is 0 Å². The topological polar surface area (TPSA) is 117 Å². The first-order valence-electron chi connectivity index (χ1n) is 11.4. The van der Waals surface area contributed by atoms with Crippen molar-refractivity contribution in [3.05, 3.63) is 94.2 Å². The average molecular weight is 545 g/mol. The number of carbonyl (C=O) groups is 1. The molecule has 0 saturated carbocycles. The van der Waals surface area contributed by atoms with Gasteiger partial charge in [-0.25, -0.2) is 14.6 Å². The van der Waals surface area contributed by atoms with Gasteiger partial charge in [-0.2, -0.15) is 14.9 Å². The normalized spacial score (nSPS) is 11.3. The summed E-state index contributed by atoms with van der Waals surface area (Å²) in [5.74, 6) is 0.778. The van der Waals surface area contributed by atoms with Gasteiger partial charge < -0.3 is 9.84 Å². The Bertz CT molecular complexity index is 1820. The minimum absolute atomic E-state index is 0.270. The number of amides is 1. The molecule has 0 aliphatic heterocycles. The van der Waals surface area contributed by atoms with Gasteiger partial charge in [0.15, 0.2) is 11.5 Å². The summed E-state index contributed by atoms with van der Waals surface area (Å²) in [6, 6.07) is 16.1. The van der Waals surface area contributed by atoms with Gasteiger partial charge in [-0.05, 0) is 44.2 Å². The van der Waals surface area contributed by atoms with Crippen LogP contribution in [0.4, 0.5) is 5.82 Å². The van der Waals surface area contributed by atoms with E-state index in [-0.39, 0.29) is 5.56 Å². The average Bonchev–Trinajstić information content (AvgIpc) is 3.61. The molecule has 188 valence electrons. The van der Waals surface area contributed by atoms with Crippen LogP contribution in [-0.4, -0.2) is 40.6 Å². The van der Waals surface area contributed by atoms with Gasteiger partial charge in [0.2, 0.25) is 0 Å². The number of halogens is 2. The summed E-state index contributed by atoms with van der Waals surface area (Å²) < 4.78 is 8.59. The molecule has 38 heavy (non-hydrogen) atoms. The lowest BCUT2D eigenvalue weighted by atomic mass is 10.1. The number of aromatic nitrogens is 7. The number of benzene rings is 2. The van der Waals surface area contributed by atoms with Crippen LogP contribution in [0.15, 0.2) is 71.6 Å². The van der Waals surface area contributed by atoms with Crippen LogP contribution < -0.4 is 5.32 Å². The maximum absolute atomic E-state index is 13.5. The third-order valence-electron chi connectivity index (χ3n) is 5.91. The van der Waals surface area contributed by atoms with E-state index in [4.69, 9.17) is 27.7 Å². The molecule has 0 aliphatic rings. The first kappa shape index (κ1) is 23.8. The number of nitrogens with one attached hydrogen (secondary N) is 1. The third kappa shape index (κ3) is 4.09. The fraction of sp³-hybridized carbons (Fsp3) is 0.0769. The molecule has 0 bridgehead atoms. The van der Waals surface area contributed by atoms with Gasteiger partial charge in [-0.1, -0.05) is 46.6 Å². The fourth-order valence-electron chi connectivity index (χ4n) is 4.18. The van der Waals surface area contributed by atoms with E-state index in [1.807, 2.05) is 25.1 Å². The van der Waals surface area contributed by atoms with Crippen LogP contribution in [0.25, 0.3) is 33.8 Å². The van der Waals surface area contributed by atoms with Gasteiger partial charge in [0.1, 0.15) is 29.2 Å². The van der Waals surface area contributed by atoms with E-state index in [9.17, 15) is 4.79 Å². The highest BCUT2D eigenvalue weighted by Crippen LogP contribution is 2.32. The molecule has 10 nitrogen and oxygen atoms in total. The van der Waals surface area contributed by atoms with Crippen molar-refractivity contribution in [2.45, 2.75) is 13.8 Å². The van der Waals surface area contributed by atoms with Crippen molar-refractivity contribution >= 4 is 46.0 Å². The van der Waals surface area contributed by atoms with E-state index < -0.39 is 5.91 Å². The van der Waals surface area contributed by atoms with Crippen molar-refractivity contribution in [3.8, 4) is 22.8 Å². The summed E-state index contributed by atoms with van der Waals surface area (Å²) in [6.07, 6.45) is 3.08. The zero-order valence-electron chi connectivity index (χ0n) is 20.1. The second-order valence-corrected chi connectivity index (χ2v) is 9.29. The minimum Gasteiger partial charge on any atom is -0.360 e. The molecule has 4 heterocycles. The van der Waals surface area contributed by atoms with Crippen LogP contribution in [0.5, 0.6) is 0 Å². The maximum atomic E-state index is 13.5. The number of hydrogen-bond acceptors (Lipinski definition) is 7. The predicted molar refractivity (Wildman–Crippen MR) is 143 cm³/mol. The first-order valence-corrected chi connectivity index (χ1v) is 12.2. The number of anilines is 1. The Balaban J connectivity index is 1.40. The first-order chi connectivity index (χ1) is 18.4. The molecule has 0 radical (unpaired) electrons. The van der Waals surface area contributed by atoms with E-state index in [1.54, 1.807) is 58.9 Å². The SMILES string of the molecule is Cc1cc(NC(=O)c2c(-c3ccccc3Cl)noc2C)n(-c2ncnc3c2cnn3-c2ccc(Cl)cc2)n1. The Morgan fingerprint density at radius 2 is 1.79 bits per heavy atom. The Hall–Kier alpha value is -4.54. The number of fused-ring (bicyclic) bond motifs is 1. The second kappa shape index (κ2) is 9.40. The second-order valence-electron chi connectivity index (χ2n) is 8.45.